The Morgan fingerprint density at radius 3 is 2.47 bits per heavy atom. The lowest BCUT2D eigenvalue weighted by molar-refractivity contribution is -0.118. The largest absolute Gasteiger partial charge is 0.484 e. The highest BCUT2D eigenvalue weighted by atomic mass is 32.2. The van der Waals surface area contributed by atoms with E-state index in [4.69, 9.17) is 4.74 Å². The first kappa shape index (κ1) is 21.3. The van der Waals surface area contributed by atoms with E-state index in [0.29, 0.717) is 17.0 Å². The molecule has 0 saturated carbocycles. The van der Waals surface area contributed by atoms with Crippen molar-refractivity contribution in [2.45, 2.75) is 18.7 Å². The predicted molar refractivity (Wildman–Crippen MR) is 111 cm³/mol. The monoisotopic (exact) mass is 429 g/mol. The van der Waals surface area contributed by atoms with Crippen LogP contribution in [0.2, 0.25) is 0 Å². The minimum atomic E-state index is -3.92. The molecule has 30 heavy (non-hydrogen) atoms. The van der Waals surface area contributed by atoms with Crippen LogP contribution in [0.5, 0.6) is 5.75 Å². The topological polar surface area (TPSA) is 97.4 Å². The van der Waals surface area contributed by atoms with E-state index in [2.05, 4.69) is 15.0 Å². The van der Waals surface area contributed by atoms with Crippen molar-refractivity contribution in [2.24, 2.45) is 0 Å². The number of aromatic nitrogens is 1. The molecular weight excluding hydrogens is 409 g/mol. The summed E-state index contributed by atoms with van der Waals surface area (Å²) >= 11 is 0. The third-order valence-corrected chi connectivity index (χ3v) is 5.61. The number of anilines is 2. The quantitative estimate of drug-likeness (QED) is 0.597. The normalized spacial score (nSPS) is 11.0. The SMILES string of the molecule is Cc1cc(NS(=O)(=O)c2ccc(F)cc2C)cc(OCC(=O)Nc2ccncc2)c1. The first-order valence-corrected chi connectivity index (χ1v) is 10.4. The van der Waals surface area contributed by atoms with E-state index in [9.17, 15) is 17.6 Å². The molecule has 0 unspecified atom stereocenters. The zero-order valence-corrected chi connectivity index (χ0v) is 17.2. The minimum Gasteiger partial charge on any atom is -0.484 e. The molecule has 3 aromatic rings. The fourth-order valence-electron chi connectivity index (χ4n) is 2.80. The van der Waals surface area contributed by atoms with Gasteiger partial charge in [-0.05, 0) is 67.4 Å². The molecule has 0 aliphatic carbocycles. The van der Waals surface area contributed by atoms with Crippen LogP contribution in [0.15, 0.2) is 65.8 Å². The maximum atomic E-state index is 13.3. The molecular formula is C21H20FN3O4S. The summed E-state index contributed by atoms with van der Waals surface area (Å²) in [6.07, 6.45) is 3.11. The molecule has 0 aliphatic heterocycles. The lowest BCUT2D eigenvalue weighted by atomic mass is 10.2. The Kier molecular flexibility index (Phi) is 6.31. The highest BCUT2D eigenvalue weighted by Gasteiger charge is 2.18. The van der Waals surface area contributed by atoms with Gasteiger partial charge in [0.2, 0.25) is 0 Å². The molecule has 2 aromatic carbocycles. The number of nitrogens with one attached hydrogen (secondary N) is 2. The highest BCUT2D eigenvalue weighted by molar-refractivity contribution is 7.92. The number of halogens is 1. The number of ether oxygens (including phenoxy) is 1. The zero-order valence-electron chi connectivity index (χ0n) is 16.3. The van der Waals surface area contributed by atoms with E-state index in [1.165, 1.54) is 19.1 Å². The van der Waals surface area contributed by atoms with Crippen LogP contribution in [0, 0.1) is 19.7 Å². The van der Waals surface area contributed by atoms with Gasteiger partial charge in [0, 0.05) is 24.1 Å². The molecule has 0 fully saturated rings. The molecule has 1 amide bonds. The van der Waals surface area contributed by atoms with E-state index >= 15 is 0 Å². The fraction of sp³-hybridized carbons (Fsp3) is 0.143. The summed E-state index contributed by atoms with van der Waals surface area (Å²) < 4.78 is 46.6. The molecule has 0 aliphatic rings. The highest BCUT2D eigenvalue weighted by Crippen LogP contribution is 2.25. The number of benzene rings is 2. The Bertz CT molecular complexity index is 1170. The summed E-state index contributed by atoms with van der Waals surface area (Å²) in [5.41, 5.74) is 1.88. The van der Waals surface area contributed by atoms with Crippen LogP contribution in [0.4, 0.5) is 15.8 Å². The van der Waals surface area contributed by atoms with Crippen molar-refractivity contribution in [3.05, 3.63) is 77.9 Å². The fourth-order valence-corrected chi connectivity index (χ4v) is 4.06. The molecule has 0 saturated heterocycles. The van der Waals surface area contributed by atoms with E-state index in [0.717, 1.165) is 17.7 Å². The van der Waals surface area contributed by atoms with Crippen molar-refractivity contribution < 1.29 is 22.3 Å². The summed E-state index contributed by atoms with van der Waals surface area (Å²) in [7, 11) is -3.92. The number of sulfonamides is 1. The van der Waals surface area contributed by atoms with Crippen molar-refractivity contribution in [2.75, 3.05) is 16.6 Å². The van der Waals surface area contributed by atoms with E-state index < -0.39 is 15.8 Å². The van der Waals surface area contributed by atoms with Gasteiger partial charge in [0.1, 0.15) is 11.6 Å². The standard InChI is InChI=1S/C21H20FN3O4S/c1-14-9-18(25-30(27,28)20-4-3-16(22)11-15(20)2)12-19(10-14)29-13-21(26)24-17-5-7-23-8-6-17/h3-12,25H,13H2,1-2H3,(H,23,24,26). The van der Waals surface area contributed by atoms with Crippen LogP contribution >= 0.6 is 0 Å². The first-order valence-electron chi connectivity index (χ1n) is 8.96. The molecule has 2 N–H and O–H groups in total. The van der Waals surface area contributed by atoms with Crippen molar-refractivity contribution in [1.29, 1.82) is 0 Å². The first-order chi connectivity index (χ1) is 14.2. The molecule has 9 heteroatoms. The number of rotatable bonds is 7. The Morgan fingerprint density at radius 2 is 1.77 bits per heavy atom. The average Bonchev–Trinajstić information content (AvgIpc) is 2.66. The molecule has 1 aromatic heterocycles. The number of hydrogen-bond acceptors (Lipinski definition) is 5. The number of hydrogen-bond donors (Lipinski definition) is 2. The lowest BCUT2D eigenvalue weighted by Crippen LogP contribution is -2.20. The summed E-state index contributed by atoms with van der Waals surface area (Å²) in [6, 6.07) is 11.5. The van der Waals surface area contributed by atoms with Crippen LogP contribution < -0.4 is 14.8 Å². The zero-order chi connectivity index (χ0) is 21.7. The van der Waals surface area contributed by atoms with Gasteiger partial charge >= 0.3 is 0 Å². The predicted octanol–water partition coefficient (Wildman–Crippen LogP) is 3.66. The van der Waals surface area contributed by atoms with Gasteiger partial charge in [0.15, 0.2) is 6.61 Å². The second-order valence-corrected chi connectivity index (χ2v) is 8.27. The second kappa shape index (κ2) is 8.91. The molecule has 3 rings (SSSR count). The van der Waals surface area contributed by atoms with Crippen LogP contribution in [0.3, 0.4) is 0 Å². The number of carbonyl (C=O) groups excluding carboxylic acids is 1. The van der Waals surface area contributed by atoms with Gasteiger partial charge in [0.25, 0.3) is 15.9 Å². The van der Waals surface area contributed by atoms with Crippen molar-refractivity contribution in [1.82, 2.24) is 4.98 Å². The van der Waals surface area contributed by atoms with Crippen molar-refractivity contribution >= 4 is 27.3 Å². The molecule has 7 nitrogen and oxygen atoms in total. The number of carbonyl (C=O) groups is 1. The van der Waals surface area contributed by atoms with Gasteiger partial charge in [-0.1, -0.05) is 0 Å². The Labute approximate surface area is 174 Å². The number of amides is 1. The van der Waals surface area contributed by atoms with E-state index in [-0.39, 0.29) is 23.1 Å². The number of aryl methyl sites for hydroxylation is 2. The van der Waals surface area contributed by atoms with Gasteiger partial charge in [-0.15, -0.1) is 0 Å². The number of nitrogens with zero attached hydrogens (tertiary/aromatic N) is 1. The van der Waals surface area contributed by atoms with Crippen LogP contribution in [-0.2, 0) is 14.8 Å². The van der Waals surface area contributed by atoms with E-state index in [1.807, 2.05) is 0 Å². The second-order valence-electron chi connectivity index (χ2n) is 6.62. The third kappa shape index (κ3) is 5.54. The minimum absolute atomic E-state index is 0.0235. The third-order valence-electron chi connectivity index (χ3n) is 4.06. The Hall–Kier alpha value is -3.46. The molecule has 0 radical (unpaired) electrons. The van der Waals surface area contributed by atoms with Gasteiger partial charge in [-0.25, -0.2) is 12.8 Å². The van der Waals surface area contributed by atoms with Gasteiger partial charge in [-0.3, -0.25) is 14.5 Å². The molecule has 0 atom stereocenters. The summed E-state index contributed by atoms with van der Waals surface area (Å²) in [5, 5.41) is 2.67. The molecule has 0 spiro atoms. The lowest BCUT2D eigenvalue weighted by Gasteiger charge is -2.13. The molecule has 0 bridgehead atoms. The average molecular weight is 429 g/mol. The smallest absolute Gasteiger partial charge is 0.262 e. The summed E-state index contributed by atoms with van der Waals surface area (Å²) in [5.74, 6) is -0.553. The summed E-state index contributed by atoms with van der Waals surface area (Å²) in [6.45, 7) is 3.03. The maximum absolute atomic E-state index is 13.3. The van der Waals surface area contributed by atoms with Crippen LogP contribution in [0.1, 0.15) is 11.1 Å². The van der Waals surface area contributed by atoms with E-state index in [1.54, 1.807) is 43.6 Å². The van der Waals surface area contributed by atoms with Gasteiger partial charge < -0.3 is 10.1 Å². The van der Waals surface area contributed by atoms with Crippen molar-refractivity contribution in [3.63, 3.8) is 0 Å². The number of pyridine rings is 1. The van der Waals surface area contributed by atoms with Gasteiger partial charge in [0.05, 0.1) is 10.6 Å². The Morgan fingerprint density at radius 1 is 1.03 bits per heavy atom. The Balaban J connectivity index is 1.71. The van der Waals surface area contributed by atoms with Crippen LogP contribution in [-0.4, -0.2) is 25.9 Å². The molecule has 156 valence electrons. The van der Waals surface area contributed by atoms with Crippen LogP contribution in [0.25, 0.3) is 0 Å². The summed E-state index contributed by atoms with van der Waals surface area (Å²) in [4.78, 5) is 15.9. The maximum Gasteiger partial charge on any atom is 0.262 e. The van der Waals surface area contributed by atoms with Crippen molar-refractivity contribution in [3.8, 4) is 5.75 Å². The molecule has 1 heterocycles. The van der Waals surface area contributed by atoms with Gasteiger partial charge in [-0.2, -0.15) is 0 Å².